The molecule has 0 saturated carbocycles. The highest BCUT2D eigenvalue weighted by Crippen LogP contribution is 2.36. The Morgan fingerprint density at radius 2 is 1.58 bits per heavy atom. The van der Waals surface area contributed by atoms with E-state index in [2.05, 4.69) is 70.6 Å². The van der Waals surface area contributed by atoms with Gasteiger partial charge in [-0.05, 0) is 71.1 Å². The highest BCUT2D eigenvalue weighted by molar-refractivity contribution is 6.98. The van der Waals surface area contributed by atoms with Crippen molar-refractivity contribution in [2.24, 2.45) is 0 Å². The van der Waals surface area contributed by atoms with Crippen molar-refractivity contribution in [3.8, 4) is 34.3 Å². The molecule has 5 nitrogen and oxygen atoms in total. The number of aromatic nitrogens is 1. The van der Waals surface area contributed by atoms with Crippen LogP contribution in [0.2, 0.25) is 0 Å². The fourth-order valence-electron chi connectivity index (χ4n) is 4.99. The molecule has 0 spiro atoms. The minimum Gasteiger partial charge on any atom is -0.458 e. The highest BCUT2D eigenvalue weighted by atomic mass is 16.5. The second-order valence-electron chi connectivity index (χ2n) is 8.66. The SMILES string of the molecule is CN1C=CN(c2ccc3c(c2)B2c4cc(-c5ccccn5)ccc4Oc4cccc(c42)O3)C1. The van der Waals surface area contributed by atoms with Gasteiger partial charge in [0.15, 0.2) is 0 Å². The number of hydrogen-bond acceptors (Lipinski definition) is 5. The molecule has 0 radical (unpaired) electrons. The average Bonchev–Trinajstić information content (AvgIpc) is 3.30. The van der Waals surface area contributed by atoms with Crippen LogP contribution in [0.3, 0.4) is 0 Å². The zero-order valence-electron chi connectivity index (χ0n) is 18.1. The van der Waals surface area contributed by atoms with Gasteiger partial charge in [0, 0.05) is 36.8 Å². The Morgan fingerprint density at radius 1 is 0.788 bits per heavy atom. The first-order valence-electron chi connectivity index (χ1n) is 11.1. The summed E-state index contributed by atoms with van der Waals surface area (Å²) in [5.74, 6) is 3.48. The van der Waals surface area contributed by atoms with Gasteiger partial charge < -0.3 is 19.3 Å². The minimum atomic E-state index is 0.0247. The average molecular weight is 429 g/mol. The van der Waals surface area contributed by atoms with E-state index in [1.807, 2.05) is 42.6 Å². The Kier molecular flexibility index (Phi) is 3.85. The summed E-state index contributed by atoms with van der Waals surface area (Å²) in [4.78, 5) is 8.96. The van der Waals surface area contributed by atoms with Gasteiger partial charge in [0.1, 0.15) is 23.0 Å². The molecule has 0 unspecified atom stereocenters. The standard InChI is InChI=1S/C27H20BN3O2/c1-30-13-14-31(17-30)19-9-11-24-21(16-19)28-20-15-18(22-5-2-3-12-29-22)8-10-23(20)32-25-6-4-7-26(33-24)27(25)28/h2-16H,17H2,1H3. The summed E-state index contributed by atoms with van der Waals surface area (Å²) in [6.07, 6.45) is 6.03. The molecule has 0 bridgehead atoms. The van der Waals surface area contributed by atoms with Crippen LogP contribution >= 0.6 is 0 Å². The number of pyridine rings is 1. The molecule has 6 heteroatoms. The van der Waals surface area contributed by atoms with Crippen molar-refractivity contribution in [3.63, 3.8) is 0 Å². The van der Waals surface area contributed by atoms with Crippen molar-refractivity contribution in [1.82, 2.24) is 9.88 Å². The van der Waals surface area contributed by atoms with Gasteiger partial charge in [0.25, 0.3) is 6.71 Å². The molecule has 4 aromatic rings. The van der Waals surface area contributed by atoms with Crippen LogP contribution in [-0.4, -0.2) is 30.3 Å². The molecular weight excluding hydrogens is 409 g/mol. The van der Waals surface area contributed by atoms with Crippen molar-refractivity contribution in [1.29, 1.82) is 0 Å². The number of fused-ring (bicyclic) bond motifs is 4. The van der Waals surface area contributed by atoms with E-state index in [9.17, 15) is 0 Å². The zero-order valence-corrected chi connectivity index (χ0v) is 18.1. The smallest absolute Gasteiger partial charge is 0.260 e. The summed E-state index contributed by atoms with van der Waals surface area (Å²) in [6, 6.07) is 24.9. The van der Waals surface area contributed by atoms with E-state index in [0.717, 1.165) is 63.0 Å². The van der Waals surface area contributed by atoms with Crippen LogP contribution in [0, 0.1) is 0 Å². The molecule has 0 aliphatic carbocycles. The number of benzene rings is 3. The van der Waals surface area contributed by atoms with E-state index in [1.165, 1.54) is 0 Å². The molecule has 3 aromatic carbocycles. The predicted molar refractivity (Wildman–Crippen MR) is 132 cm³/mol. The van der Waals surface area contributed by atoms with E-state index in [-0.39, 0.29) is 6.71 Å². The van der Waals surface area contributed by atoms with Crippen LogP contribution in [0.1, 0.15) is 0 Å². The van der Waals surface area contributed by atoms with Crippen LogP contribution in [0.5, 0.6) is 23.0 Å². The largest absolute Gasteiger partial charge is 0.458 e. The second kappa shape index (κ2) is 6.91. The maximum atomic E-state index is 6.35. The molecular formula is C27H20BN3O2. The van der Waals surface area contributed by atoms with Crippen LogP contribution in [0.4, 0.5) is 5.69 Å². The van der Waals surface area contributed by atoms with E-state index in [1.54, 1.807) is 0 Å². The molecule has 33 heavy (non-hydrogen) atoms. The summed E-state index contributed by atoms with van der Waals surface area (Å²) in [5, 5.41) is 0. The molecule has 4 heterocycles. The number of anilines is 1. The van der Waals surface area contributed by atoms with Crippen molar-refractivity contribution < 1.29 is 9.47 Å². The molecule has 3 aliphatic heterocycles. The van der Waals surface area contributed by atoms with Crippen molar-refractivity contribution >= 4 is 28.8 Å². The van der Waals surface area contributed by atoms with Crippen LogP contribution in [0.15, 0.2) is 91.4 Å². The predicted octanol–water partition coefficient (Wildman–Crippen LogP) is 3.66. The van der Waals surface area contributed by atoms with E-state index < -0.39 is 0 Å². The highest BCUT2D eigenvalue weighted by Gasteiger charge is 2.40. The molecule has 1 aromatic heterocycles. The van der Waals surface area contributed by atoms with E-state index >= 15 is 0 Å². The lowest BCUT2D eigenvalue weighted by Crippen LogP contribution is -2.57. The normalized spacial score (nSPS) is 14.9. The first kappa shape index (κ1) is 18.4. The monoisotopic (exact) mass is 429 g/mol. The molecule has 7 rings (SSSR count). The van der Waals surface area contributed by atoms with Gasteiger partial charge in [-0.2, -0.15) is 0 Å². The van der Waals surface area contributed by atoms with Crippen molar-refractivity contribution in [2.45, 2.75) is 0 Å². The topological polar surface area (TPSA) is 37.8 Å². The van der Waals surface area contributed by atoms with Crippen LogP contribution in [0.25, 0.3) is 11.3 Å². The van der Waals surface area contributed by atoms with Gasteiger partial charge in [-0.25, -0.2) is 0 Å². The van der Waals surface area contributed by atoms with Gasteiger partial charge in [-0.1, -0.05) is 18.2 Å². The summed E-state index contributed by atoms with van der Waals surface area (Å²) >= 11 is 0. The van der Waals surface area contributed by atoms with Crippen molar-refractivity contribution in [3.05, 3.63) is 91.4 Å². The third kappa shape index (κ3) is 2.84. The number of nitrogens with zero attached hydrogens (tertiary/aromatic N) is 3. The Morgan fingerprint density at radius 3 is 2.30 bits per heavy atom. The molecule has 158 valence electrons. The Labute approximate surface area is 192 Å². The van der Waals surface area contributed by atoms with Gasteiger partial charge in [-0.15, -0.1) is 0 Å². The molecule has 0 N–H and O–H groups in total. The maximum absolute atomic E-state index is 6.35. The number of hydrogen-bond donors (Lipinski definition) is 0. The zero-order chi connectivity index (χ0) is 21.9. The Balaban J connectivity index is 1.43. The first-order valence-corrected chi connectivity index (χ1v) is 11.1. The molecule has 0 saturated heterocycles. The molecule has 0 atom stereocenters. The lowest BCUT2D eigenvalue weighted by Gasteiger charge is -2.33. The summed E-state index contributed by atoms with van der Waals surface area (Å²) < 4.78 is 12.7. The van der Waals surface area contributed by atoms with Crippen LogP contribution in [-0.2, 0) is 0 Å². The number of rotatable bonds is 2. The third-order valence-electron chi connectivity index (χ3n) is 6.55. The fraction of sp³-hybridized carbons (Fsp3) is 0.0741. The molecule has 3 aliphatic rings. The summed E-state index contributed by atoms with van der Waals surface area (Å²) in [7, 11) is 2.08. The Bertz CT molecular complexity index is 1420. The van der Waals surface area contributed by atoms with E-state index in [0.29, 0.717) is 0 Å². The fourth-order valence-corrected chi connectivity index (χ4v) is 4.99. The lowest BCUT2D eigenvalue weighted by atomic mass is 9.34. The van der Waals surface area contributed by atoms with Gasteiger partial charge in [0.05, 0.1) is 12.4 Å². The van der Waals surface area contributed by atoms with Gasteiger partial charge in [0.2, 0.25) is 0 Å². The minimum absolute atomic E-state index is 0.0247. The third-order valence-corrected chi connectivity index (χ3v) is 6.55. The molecule has 0 amide bonds. The van der Waals surface area contributed by atoms with Crippen molar-refractivity contribution in [2.75, 3.05) is 18.6 Å². The second-order valence-corrected chi connectivity index (χ2v) is 8.66. The number of ether oxygens (including phenoxy) is 2. The van der Waals surface area contributed by atoms with Crippen LogP contribution < -0.4 is 30.8 Å². The molecule has 0 fully saturated rings. The van der Waals surface area contributed by atoms with Gasteiger partial charge >= 0.3 is 0 Å². The quantitative estimate of drug-likeness (QED) is 0.393. The summed E-state index contributed by atoms with van der Waals surface area (Å²) in [5.41, 5.74) is 6.54. The van der Waals surface area contributed by atoms with Gasteiger partial charge in [-0.3, -0.25) is 4.98 Å². The van der Waals surface area contributed by atoms with E-state index in [4.69, 9.17) is 9.47 Å². The lowest BCUT2D eigenvalue weighted by molar-refractivity contribution is 0.464. The first-order chi connectivity index (χ1) is 16.2. The maximum Gasteiger partial charge on any atom is 0.260 e. The Hall–Kier alpha value is -4.19. The summed E-state index contributed by atoms with van der Waals surface area (Å²) in [6.45, 7) is 0.854.